The Balaban J connectivity index is 1.63. The Morgan fingerprint density at radius 2 is 1.42 bits per heavy atom. The Morgan fingerprint density at radius 3 is 2.13 bits per heavy atom. The van der Waals surface area contributed by atoms with Crippen LogP contribution in [0.4, 0.5) is 5.69 Å². The van der Waals surface area contributed by atoms with Crippen molar-refractivity contribution < 1.29 is 4.57 Å². The van der Waals surface area contributed by atoms with Crippen molar-refractivity contribution in [2.45, 2.75) is 64.8 Å². The summed E-state index contributed by atoms with van der Waals surface area (Å²) < 4.78 is 2.43. The minimum atomic E-state index is 1.10. The van der Waals surface area contributed by atoms with Gasteiger partial charge in [0.2, 0.25) is 5.52 Å². The van der Waals surface area contributed by atoms with Gasteiger partial charge in [-0.25, -0.2) is 0 Å². The molecule has 31 heavy (non-hydrogen) atoms. The summed E-state index contributed by atoms with van der Waals surface area (Å²) in [5.41, 5.74) is 5.06. The molecule has 3 rings (SSSR count). The monoisotopic (exact) mass is 415 g/mol. The van der Waals surface area contributed by atoms with Crippen LogP contribution in [0.2, 0.25) is 0 Å². The molecular formula is C29H39N2+. The van der Waals surface area contributed by atoms with Crippen LogP contribution < -0.4 is 9.47 Å². The highest BCUT2D eigenvalue weighted by Crippen LogP contribution is 2.20. The molecule has 164 valence electrons. The fourth-order valence-electron chi connectivity index (χ4n) is 4.13. The number of anilines is 1. The molecule has 1 aromatic heterocycles. The average molecular weight is 416 g/mol. The van der Waals surface area contributed by atoms with Gasteiger partial charge in [0.1, 0.15) is 6.54 Å². The molecule has 0 spiro atoms. The Hall–Kier alpha value is -2.61. The van der Waals surface area contributed by atoms with Crippen LogP contribution in [0.5, 0.6) is 0 Å². The maximum atomic E-state index is 2.43. The van der Waals surface area contributed by atoms with Crippen LogP contribution in [-0.2, 0) is 6.54 Å². The van der Waals surface area contributed by atoms with E-state index in [4.69, 9.17) is 0 Å². The first-order valence-electron chi connectivity index (χ1n) is 12.1. The molecule has 0 aliphatic heterocycles. The normalized spacial score (nSPS) is 11.5. The molecule has 3 aromatic rings. The van der Waals surface area contributed by atoms with E-state index in [1.165, 1.54) is 79.1 Å². The van der Waals surface area contributed by atoms with Crippen molar-refractivity contribution in [2.75, 3.05) is 19.0 Å². The molecule has 0 aliphatic rings. The first kappa shape index (κ1) is 23.1. The number of aryl methyl sites for hydroxylation is 1. The summed E-state index contributed by atoms with van der Waals surface area (Å²) in [5, 5.41) is 1.32. The van der Waals surface area contributed by atoms with Crippen molar-refractivity contribution in [1.29, 1.82) is 0 Å². The molecule has 0 saturated heterocycles. The van der Waals surface area contributed by atoms with Crippen molar-refractivity contribution >= 4 is 28.7 Å². The van der Waals surface area contributed by atoms with E-state index < -0.39 is 0 Å². The SMILES string of the molecule is CCCCCCCCCC[n+]1ccc(/C=C/c2ccc(N(C)C)cc2)c2ccccc21. The summed E-state index contributed by atoms with van der Waals surface area (Å²) in [6.07, 6.45) is 17.6. The molecule has 0 unspecified atom stereocenters. The number of benzene rings is 2. The maximum absolute atomic E-state index is 2.43. The Labute approximate surface area is 189 Å². The van der Waals surface area contributed by atoms with Gasteiger partial charge in [-0.15, -0.1) is 0 Å². The summed E-state index contributed by atoms with van der Waals surface area (Å²) in [6.45, 7) is 3.39. The quantitative estimate of drug-likeness (QED) is 0.219. The van der Waals surface area contributed by atoms with Crippen molar-refractivity contribution in [1.82, 2.24) is 0 Å². The number of hydrogen-bond donors (Lipinski definition) is 0. The number of pyridine rings is 1. The van der Waals surface area contributed by atoms with Crippen LogP contribution in [0.15, 0.2) is 60.8 Å². The van der Waals surface area contributed by atoms with E-state index in [1.54, 1.807) is 0 Å². The third-order valence-corrected chi connectivity index (χ3v) is 6.08. The van der Waals surface area contributed by atoms with Gasteiger partial charge in [0.05, 0.1) is 5.39 Å². The van der Waals surface area contributed by atoms with Gasteiger partial charge >= 0.3 is 0 Å². The second-order valence-corrected chi connectivity index (χ2v) is 8.78. The van der Waals surface area contributed by atoms with Crippen molar-refractivity contribution in [3.05, 3.63) is 71.9 Å². The van der Waals surface area contributed by atoms with E-state index in [0.717, 1.165) is 6.54 Å². The smallest absolute Gasteiger partial charge is 0.213 e. The number of aromatic nitrogens is 1. The molecule has 1 heterocycles. The number of hydrogen-bond acceptors (Lipinski definition) is 1. The third kappa shape index (κ3) is 6.95. The van der Waals surface area contributed by atoms with E-state index in [1.807, 2.05) is 0 Å². The van der Waals surface area contributed by atoms with Crippen molar-refractivity contribution in [2.24, 2.45) is 0 Å². The number of rotatable bonds is 12. The predicted octanol–water partition coefficient (Wildman–Crippen LogP) is 7.50. The molecule has 0 bridgehead atoms. The lowest BCUT2D eigenvalue weighted by Crippen LogP contribution is -2.34. The van der Waals surface area contributed by atoms with Crippen LogP contribution in [0.3, 0.4) is 0 Å². The summed E-state index contributed by atoms with van der Waals surface area (Å²) in [6, 6.07) is 19.8. The highest BCUT2D eigenvalue weighted by Gasteiger charge is 2.10. The highest BCUT2D eigenvalue weighted by atomic mass is 15.1. The molecule has 2 nitrogen and oxygen atoms in total. The lowest BCUT2D eigenvalue weighted by Gasteiger charge is -2.11. The molecule has 0 aliphatic carbocycles. The first-order chi connectivity index (χ1) is 15.2. The van der Waals surface area contributed by atoms with Crippen LogP contribution in [0.25, 0.3) is 23.1 Å². The minimum Gasteiger partial charge on any atom is -0.378 e. The molecule has 0 fully saturated rings. The topological polar surface area (TPSA) is 7.12 Å². The van der Waals surface area contributed by atoms with Crippen molar-refractivity contribution in [3.63, 3.8) is 0 Å². The maximum Gasteiger partial charge on any atom is 0.213 e. The van der Waals surface area contributed by atoms with E-state index >= 15 is 0 Å². The molecule has 0 radical (unpaired) electrons. The number of fused-ring (bicyclic) bond motifs is 1. The van der Waals surface area contributed by atoms with Gasteiger partial charge < -0.3 is 4.90 Å². The fraction of sp³-hybridized carbons (Fsp3) is 0.414. The van der Waals surface area contributed by atoms with E-state index in [0.29, 0.717) is 0 Å². The molecular weight excluding hydrogens is 376 g/mol. The number of nitrogens with zero attached hydrogens (tertiary/aromatic N) is 2. The van der Waals surface area contributed by atoms with Crippen LogP contribution in [0, 0.1) is 0 Å². The van der Waals surface area contributed by atoms with Gasteiger partial charge in [0, 0.05) is 38.3 Å². The molecule has 0 atom stereocenters. The standard InChI is InChI=1S/C29H39N2/c1-4-5-6-7-8-9-10-13-23-31-24-22-26(28-14-11-12-15-29(28)31)19-16-25-17-20-27(21-18-25)30(2)3/h11-12,14-22,24H,4-10,13,23H2,1-3H3/q+1. The Morgan fingerprint density at radius 1 is 0.742 bits per heavy atom. The zero-order chi connectivity index (χ0) is 21.9. The molecule has 0 amide bonds. The summed E-state index contributed by atoms with van der Waals surface area (Å²) in [7, 11) is 4.15. The van der Waals surface area contributed by atoms with Gasteiger partial charge in [-0.2, -0.15) is 4.57 Å². The van der Waals surface area contributed by atoms with E-state index in [2.05, 4.69) is 103 Å². The Kier molecular flexibility index (Phi) is 9.15. The van der Waals surface area contributed by atoms with Gasteiger partial charge in [-0.3, -0.25) is 0 Å². The van der Waals surface area contributed by atoms with Crippen molar-refractivity contribution in [3.8, 4) is 0 Å². The second kappa shape index (κ2) is 12.3. The zero-order valence-electron chi connectivity index (χ0n) is 19.7. The molecule has 0 saturated carbocycles. The second-order valence-electron chi connectivity index (χ2n) is 8.78. The van der Waals surface area contributed by atoms with Crippen LogP contribution in [-0.4, -0.2) is 14.1 Å². The molecule has 0 N–H and O–H groups in total. The lowest BCUT2D eigenvalue weighted by atomic mass is 10.1. The van der Waals surface area contributed by atoms with E-state index in [9.17, 15) is 0 Å². The van der Waals surface area contributed by atoms with Crippen LogP contribution in [0.1, 0.15) is 69.4 Å². The van der Waals surface area contributed by atoms with Gasteiger partial charge in [0.25, 0.3) is 0 Å². The average Bonchev–Trinajstić information content (AvgIpc) is 2.80. The minimum absolute atomic E-state index is 1.10. The van der Waals surface area contributed by atoms with Gasteiger partial charge in [-0.1, -0.05) is 81.9 Å². The first-order valence-corrected chi connectivity index (χ1v) is 12.1. The van der Waals surface area contributed by atoms with Crippen LogP contribution >= 0.6 is 0 Å². The Bertz CT molecular complexity index is 954. The fourth-order valence-corrected chi connectivity index (χ4v) is 4.13. The lowest BCUT2D eigenvalue weighted by molar-refractivity contribution is -0.671. The van der Waals surface area contributed by atoms with Gasteiger partial charge in [0.15, 0.2) is 6.20 Å². The number of para-hydroxylation sites is 1. The summed E-state index contributed by atoms with van der Waals surface area (Å²) >= 11 is 0. The predicted molar refractivity (Wildman–Crippen MR) is 136 cm³/mol. The summed E-state index contributed by atoms with van der Waals surface area (Å²) in [5.74, 6) is 0. The molecule has 2 aromatic carbocycles. The largest absolute Gasteiger partial charge is 0.378 e. The summed E-state index contributed by atoms with van der Waals surface area (Å²) in [4.78, 5) is 2.13. The zero-order valence-corrected chi connectivity index (χ0v) is 19.7. The number of unbranched alkanes of at least 4 members (excludes halogenated alkanes) is 7. The van der Waals surface area contributed by atoms with Gasteiger partial charge in [-0.05, 0) is 35.7 Å². The van der Waals surface area contributed by atoms with E-state index in [-0.39, 0.29) is 0 Å². The molecule has 2 heteroatoms. The third-order valence-electron chi connectivity index (χ3n) is 6.08. The highest BCUT2D eigenvalue weighted by molar-refractivity contribution is 5.88.